The van der Waals surface area contributed by atoms with Crippen LogP contribution in [0, 0.1) is 0 Å². The number of amides is 1. The maximum Gasteiger partial charge on any atom is 0.251 e. The normalized spacial score (nSPS) is 25.2. The minimum Gasteiger partial charge on any atom is -0.373 e. The number of aryl methyl sites for hydroxylation is 1. The Hall–Kier alpha value is -2.17. The number of nitrogens with one attached hydrogen (secondary N) is 1. The zero-order valence-electron chi connectivity index (χ0n) is 16.2. The number of rotatable bonds is 4. The summed E-state index contributed by atoms with van der Waals surface area (Å²) in [6.45, 7) is 7.05. The number of nitrogens with zero attached hydrogens (tertiary/aromatic N) is 1. The molecule has 1 saturated heterocycles. The fourth-order valence-corrected chi connectivity index (χ4v) is 4.38. The van der Waals surface area contributed by atoms with Crippen molar-refractivity contribution in [2.24, 2.45) is 0 Å². The van der Waals surface area contributed by atoms with Gasteiger partial charge in [0.25, 0.3) is 5.91 Å². The van der Waals surface area contributed by atoms with Gasteiger partial charge >= 0.3 is 0 Å². The van der Waals surface area contributed by atoms with E-state index in [0.717, 1.165) is 38.0 Å². The van der Waals surface area contributed by atoms with Gasteiger partial charge in [-0.1, -0.05) is 36.4 Å². The Bertz CT molecular complexity index is 792. The highest BCUT2D eigenvalue weighted by molar-refractivity contribution is 5.94. The van der Waals surface area contributed by atoms with E-state index in [2.05, 4.69) is 54.4 Å². The molecular weight excluding hydrogens is 336 g/mol. The van der Waals surface area contributed by atoms with Crippen LogP contribution in [0.4, 0.5) is 0 Å². The molecule has 0 spiro atoms. The summed E-state index contributed by atoms with van der Waals surface area (Å²) < 4.78 is 5.80. The molecule has 142 valence electrons. The number of benzene rings is 2. The number of hydrogen-bond donors (Lipinski definition) is 1. The summed E-state index contributed by atoms with van der Waals surface area (Å²) in [6.07, 6.45) is 2.56. The van der Waals surface area contributed by atoms with E-state index in [0.29, 0.717) is 0 Å². The number of morpholine rings is 1. The highest BCUT2D eigenvalue weighted by Crippen LogP contribution is 2.30. The van der Waals surface area contributed by atoms with Crippen molar-refractivity contribution in [2.45, 2.75) is 51.5 Å². The van der Waals surface area contributed by atoms with E-state index in [1.165, 1.54) is 16.7 Å². The second-order valence-corrected chi connectivity index (χ2v) is 7.91. The maximum atomic E-state index is 12.7. The molecule has 4 rings (SSSR count). The van der Waals surface area contributed by atoms with Gasteiger partial charge in [-0.05, 0) is 55.5 Å². The van der Waals surface area contributed by atoms with Crippen molar-refractivity contribution in [3.05, 3.63) is 70.8 Å². The molecule has 0 saturated carbocycles. The minimum absolute atomic E-state index is 0.0110. The van der Waals surface area contributed by atoms with Crippen LogP contribution in [0.5, 0.6) is 0 Å². The quantitative estimate of drug-likeness (QED) is 0.899. The lowest BCUT2D eigenvalue weighted by molar-refractivity contribution is -0.0704. The van der Waals surface area contributed by atoms with Gasteiger partial charge < -0.3 is 10.1 Å². The first-order chi connectivity index (χ1) is 13.1. The van der Waals surface area contributed by atoms with Gasteiger partial charge in [0.2, 0.25) is 0 Å². The average Bonchev–Trinajstić information content (AvgIpc) is 3.04. The molecule has 0 radical (unpaired) electrons. The lowest BCUT2D eigenvalue weighted by atomic mass is 10.1. The molecule has 2 aromatic carbocycles. The van der Waals surface area contributed by atoms with Crippen LogP contribution in [0.15, 0.2) is 48.5 Å². The maximum absolute atomic E-state index is 12.7. The summed E-state index contributed by atoms with van der Waals surface area (Å²) in [7, 11) is 0. The number of hydrogen-bond acceptors (Lipinski definition) is 3. The van der Waals surface area contributed by atoms with Gasteiger partial charge in [-0.3, -0.25) is 9.69 Å². The van der Waals surface area contributed by atoms with Crippen molar-refractivity contribution in [3.8, 4) is 0 Å². The van der Waals surface area contributed by atoms with Crippen LogP contribution in [0.1, 0.15) is 53.4 Å². The second-order valence-electron chi connectivity index (χ2n) is 7.91. The van der Waals surface area contributed by atoms with Crippen LogP contribution >= 0.6 is 0 Å². The van der Waals surface area contributed by atoms with Crippen molar-refractivity contribution in [2.75, 3.05) is 13.1 Å². The Labute approximate surface area is 161 Å². The highest BCUT2D eigenvalue weighted by atomic mass is 16.5. The molecule has 0 bridgehead atoms. The summed E-state index contributed by atoms with van der Waals surface area (Å²) in [5, 5.41) is 3.20. The first kappa shape index (κ1) is 18.2. The Balaban J connectivity index is 1.37. The van der Waals surface area contributed by atoms with Crippen LogP contribution in [-0.2, 0) is 17.7 Å². The second kappa shape index (κ2) is 7.83. The van der Waals surface area contributed by atoms with Gasteiger partial charge in [-0.15, -0.1) is 0 Å². The Kier molecular flexibility index (Phi) is 5.28. The van der Waals surface area contributed by atoms with Crippen LogP contribution in [0.3, 0.4) is 0 Å². The zero-order valence-corrected chi connectivity index (χ0v) is 16.2. The smallest absolute Gasteiger partial charge is 0.251 e. The van der Waals surface area contributed by atoms with Crippen LogP contribution in [0.2, 0.25) is 0 Å². The summed E-state index contributed by atoms with van der Waals surface area (Å²) >= 11 is 0. The standard InChI is InChI=1S/C23H28N2O2/c1-16-13-25(14-17(2)27-16)15-18-7-9-20(10-8-18)23(26)24-22-12-11-19-5-3-4-6-21(19)22/h3-10,16-17,22H,11-15H2,1-2H3,(H,24,26)/t16-,17+,22-/m0/s1. The van der Waals surface area contributed by atoms with Gasteiger partial charge in [-0.25, -0.2) is 0 Å². The molecule has 2 aliphatic rings. The van der Waals surface area contributed by atoms with E-state index < -0.39 is 0 Å². The largest absolute Gasteiger partial charge is 0.373 e. The summed E-state index contributed by atoms with van der Waals surface area (Å²) in [6, 6.07) is 16.6. The summed E-state index contributed by atoms with van der Waals surface area (Å²) in [5.41, 5.74) is 4.58. The minimum atomic E-state index is 0.0110. The number of ether oxygens (including phenoxy) is 1. The molecular formula is C23H28N2O2. The monoisotopic (exact) mass is 364 g/mol. The molecule has 1 heterocycles. The molecule has 1 N–H and O–H groups in total. The molecule has 0 aromatic heterocycles. The first-order valence-corrected chi connectivity index (χ1v) is 9.94. The van der Waals surface area contributed by atoms with Crippen molar-refractivity contribution in [1.29, 1.82) is 0 Å². The number of fused-ring (bicyclic) bond motifs is 1. The molecule has 1 fully saturated rings. The van der Waals surface area contributed by atoms with Crippen molar-refractivity contribution >= 4 is 5.91 Å². The van der Waals surface area contributed by atoms with E-state index >= 15 is 0 Å². The van der Waals surface area contributed by atoms with Gasteiger partial charge in [-0.2, -0.15) is 0 Å². The lowest BCUT2D eigenvalue weighted by Gasteiger charge is -2.35. The molecule has 1 aliphatic heterocycles. The molecule has 1 amide bonds. The van der Waals surface area contributed by atoms with Crippen LogP contribution in [-0.4, -0.2) is 36.1 Å². The predicted molar refractivity (Wildman–Crippen MR) is 107 cm³/mol. The molecule has 3 atom stereocenters. The van der Waals surface area contributed by atoms with E-state index in [4.69, 9.17) is 4.74 Å². The van der Waals surface area contributed by atoms with Crippen LogP contribution in [0.25, 0.3) is 0 Å². The third kappa shape index (κ3) is 4.23. The van der Waals surface area contributed by atoms with E-state index in [1.807, 2.05) is 18.2 Å². The fraction of sp³-hybridized carbons (Fsp3) is 0.435. The Morgan fingerprint density at radius 3 is 2.52 bits per heavy atom. The zero-order chi connectivity index (χ0) is 18.8. The molecule has 27 heavy (non-hydrogen) atoms. The lowest BCUT2D eigenvalue weighted by Crippen LogP contribution is -2.44. The van der Waals surface area contributed by atoms with Crippen molar-refractivity contribution in [1.82, 2.24) is 10.2 Å². The Morgan fingerprint density at radius 1 is 1.07 bits per heavy atom. The van der Waals surface area contributed by atoms with Crippen molar-refractivity contribution in [3.63, 3.8) is 0 Å². The average molecular weight is 364 g/mol. The predicted octanol–water partition coefficient (Wildman–Crippen LogP) is 3.71. The molecule has 2 aromatic rings. The summed E-state index contributed by atoms with van der Waals surface area (Å²) in [5.74, 6) is 0.0110. The third-order valence-corrected chi connectivity index (χ3v) is 5.56. The van der Waals surface area contributed by atoms with E-state index in [9.17, 15) is 4.79 Å². The SMILES string of the molecule is C[C@@H]1CN(Cc2ccc(C(=O)N[C@H]3CCc4ccccc43)cc2)C[C@H](C)O1. The first-order valence-electron chi connectivity index (χ1n) is 9.94. The van der Waals surface area contributed by atoms with E-state index in [1.54, 1.807) is 0 Å². The topological polar surface area (TPSA) is 41.6 Å². The van der Waals surface area contributed by atoms with Crippen LogP contribution < -0.4 is 5.32 Å². The molecule has 1 aliphatic carbocycles. The Morgan fingerprint density at radius 2 is 1.78 bits per heavy atom. The van der Waals surface area contributed by atoms with Gasteiger partial charge in [0.05, 0.1) is 18.2 Å². The number of carbonyl (C=O) groups excluding carboxylic acids is 1. The number of carbonyl (C=O) groups is 1. The fourth-order valence-electron chi connectivity index (χ4n) is 4.38. The molecule has 4 nitrogen and oxygen atoms in total. The summed E-state index contributed by atoms with van der Waals surface area (Å²) in [4.78, 5) is 15.1. The van der Waals surface area contributed by atoms with Gasteiger partial charge in [0.1, 0.15) is 0 Å². The van der Waals surface area contributed by atoms with Gasteiger partial charge in [0, 0.05) is 25.2 Å². The highest BCUT2D eigenvalue weighted by Gasteiger charge is 2.24. The van der Waals surface area contributed by atoms with Gasteiger partial charge in [0.15, 0.2) is 0 Å². The van der Waals surface area contributed by atoms with E-state index in [-0.39, 0.29) is 24.2 Å². The van der Waals surface area contributed by atoms with Crippen molar-refractivity contribution < 1.29 is 9.53 Å². The third-order valence-electron chi connectivity index (χ3n) is 5.56. The molecule has 4 heteroatoms. The molecule has 0 unspecified atom stereocenters.